The lowest BCUT2D eigenvalue weighted by atomic mass is 10.1. The van der Waals surface area contributed by atoms with Gasteiger partial charge in [0.1, 0.15) is 0 Å². The van der Waals surface area contributed by atoms with Gasteiger partial charge in [-0.15, -0.1) is 0 Å². The first-order chi connectivity index (χ1) is 14.0. The van der Waals surface area contributed by atoms with Crippen molar-refractivity contribution in [3.63, 3.8) is 0 Å². The van der Waals surface area contributed by atoms with E-state index in [-0.39, 0.29) is 18.4 Å². The van der Waals surface area contributed by atoms with Crippen molar-refractivity contribution in [3.05, 3.63) is 65.3 Å². The van der Waals surface area contributed by atoms with Gasteiger partial charge in [0.15, 0.2) is 0 Å². The summed E-state index contributed by atoms with van der Waals surface area (Å²) in [7, 11) is 0. The molecular formula is C22H23ClN4O2. The van der Waals surface area contributed by atoms with E-state index in [0.29, 0.717) is 29.5 Å². The Morgan fingerprint density at radius 1 is 1.03 bits per heavy atom. The SMILES string of the molecule is CCN(CC(=O)Nc1ccc(NC(C)=O)cc1)Cc1c(Cl)ccc2cccnc12. The lowest BCUT2D eigenvalue weighted by Gasteiger charge is -2.21. The minimum atomic E-state index is -0.137. The van der Waals surface area contributed by atoms with Gasteiger partial charge in [-0.1, -0.05) is 30.7 Å². The molecular weight excluding hydrogens is 388 g/mol. The number of fused-ring (bicyclic) bond motifs is 1. The molecule has 3 aromatic rings. The normalized spacial score (nSPS) is 10.9. The molecule has 0 aliphatic heterocycles. The molecule has 0 spiro atoms. The molecule has 1 aromatic heterocycles. The van der Waals surface area contributed by atoms with Gasteiger partial charge in [-0.05, 0) is 42.9 Å². The monoisotopic (exact) mass is 410 g/mol. The van der Waals surface area contributed by atoms with Gasteiger partial charge < -0.3 is 10.6 Å². The third kappa shape index (κ3) is 5.53. The van der Waals surface area contributed by atoms with Crippen molar-refractivity contribution in [2.24, 2.45) is 0 Å². The van der Waals surface area contributed by atoms with Crippen LogP contribution in [0.5, 0.6) is 0 Å². The van der Waals surface area contributed by atoms with Crippen LogP contribution < -0.4 is 10.6 Å². The van der Waals surface area contributed by atoms with Crippen molar-refractivity contribution in [1.82, 2.24) is 9.88 Å². The van der Waals surface area contributed by atoms with E-state index >= 15 is 0 Å². The number of aromatic nitrogens is 1. The van der Waals surface area contributed by atoms with Gasteiger partial charge in [-0.25, -0.2) is 0 Å². The molecule has 0 aliphatic carbocycles. The Morgan fingerprint density at radius 3 is 2.38 bits per heavy atom. The number of likely N-dealkylation sites (N-methyl/N-ethyl adjacent to an activating group) is 1. The first kappa shape index (κ1) is 20.8. The van der Waals surface area contributed by atoms with Crippen molar-refractivity contribution in [2.75, 3.05) is 23.7 Å². The molecule has 6 nitrogen and oxygen atoms in total. The summed E-state index contributed by atoms with van der Waals surface area (Å²) in [5.41, 5.74) is 3.13. The van der Waals surface area contributed by atoms with Crippen LogP contribution in [0.25, 0.3) is 10.9 Å². The first-order valence-electron chi connectivity index (χ1n) is 9.38. The van der Waals surface area contributed by atoms with Gasteiger partial charge in [-0.2, -0.15) is 0 Å². The number of hydrogen-bond donors (Lipinski definition) is 2. The van der Waals surface area contributed by atoms with Crippen LogP contribution in [0.4, 0.5) is 11.4 Å². The number of anilines is 2. The van der Waals surface area contributed by atoms with Crippen LogP contribution in [-0.2, 0) is 16.1 Å². The van der Waals surface area contributed by atoms with E-state index in [9.17, 15) is 9.59 Å². The summed E-state index contributed by atoms with van der Waals surface area (Å²) in [4.78, 5) is 30.1. The minimum absolute atomic E-state index is 0.122. The maximum absolute atomic E-state index is 12.5. The molecule has 2 aromatic carbocycles. The second-order valence-electron chi connectivity index (χ2n) is 6.71. The van der Waals surface area contributed by atoms with Crippen LogP contribution in [0.3, 0.4) is 0 Å². The molecule has 0 saturated carbocycles. The number of nitrogens with one attached hydrogen (secondary N) is 2. The van der Waals surface area contributed by atoms with Crippen molar-refractivity contribution >= 4 is 45.7 Å². The summed E-state index contributed by atoms with van der Waals surface area (Å²) < 4.78 is 0. The summed E-state index contributed by atoms with van der Waals surface area (Å²) >= 11 is 6.42. The Balaban J connectivity index is 1.66. The standard InChI is InChI=1S/C22H23ClN4O2/c1-3-27(13-19-20(23)11-6-16-5-4-12-24-22(16)19)14-21(29)26-18-9-7-17(8-10-18)25-15(2)28/h4-12H,3,13-14H2,1-2H3,(H,25,28)(H,26,29). The molecule has 0 saturated heterocycles. The average Bonchev–Trinajstić information content (AvgIpc) is 2.70. The molecule has 0 bridgehead atoms. The van der Waals surface area contributed by atoms with Crippen LogP contribution in [0.1, 0.15) is 19.4 Å². The summed E-state index contributed by atoms with van der Waals surface area (Å²) in [6, 6.07) is 14.7. The fraction of sp³-hybridized carbons (Fsp3) is 0.227. The highest BCUT2D eigenvalue weighted by atomic mass is 35.5. The molecule has 0 radical (unpaired) electrons. The zero-order valence-electron chi connectivity index (χ0n) is 16.4. The van der Waals surface area contributed by atoms with Gasteiger partial charge >= 0.3 is 0 Å². The van der Waals surface area contributed by atoms with Crippen LogP contribution >= 0.6 is 11.6 Å². The number of carbonyl (C=O) groups excluding carboxylic acids is 2. The van der Waals surface area contributed by atoms with E-state index in [1.807, 2.05) is 36.1 Å². The highest BCUT2D eigenvalue weighted by molar-refractivity contribution is 6.32. The predicted molar refractivity (Wildman–Crippen MR) is 117 cm³/mol. The molecule has 2 N–H and O–H groups in total. The summed E-state index contributed by atoms with van der Waals surface area (Å²) in [5.74, 6) is -0.259. The van der Waals surface area contributed by atoms with Crippen molar-refractivity contribution in [1.29, 1.82) is 0 Å². The Morgan fingerprint density at radius 2 is 1.72 bits per heavy atom. The topological polar surface area (TPSA) is 74.3 Å². The molecule has 150 valence electrons. The largest absolute Gasteiger partial charge is 0.326 e. The van der Waals surface area contributed by atoms with Gasteiger partial charge in [0.2, 0.25) is 11.8 Å². The number of pyridine rings is 1. The molecule has 0 fully saturated rings. The van der Waals surface area contributed by atoms with E-state index in [1.165, 1.54) is 6.92 Å². The first-order valence-corrected chi connectivity index (χ1v) is 9.76. The summed E-state index contributed by atoms with van der Waals surface area (Å²) in [6.45, 7) is 4.89. The number of carbonyl (C=O) groups is 2. The lowest BCUT2D eigenvalue weighted by molar-refractivity contribution is -0.117. The third-order valence-corrected chi connectivity index (χ3v) is 4.86. The molecule has 2 amide bonds. The minimum Gasteiger partial charge on any atom is -0.326 e. The van der Waals surface area contributed by atoms with Crippen LogP contribution in [0.15, 0.2) is 54.7 Å². The molecule has 1 heterocycles. The van der Waals surface area contributed by atoms with Crippen molar-refractivity contribution in [2.45, 2.75) is 20.4 Å². The van der Waals surface area contributed by atoms with Crippen LogP contribution in [-0.4, -0.2) is 34.8 Å². The van der Waals surface area contributed by atoms with Crippen molar-refractivity contribution < 1.29 is 9.59 Å². The van der Waals surface area contributed by atoms with E-state index in [2.05, 4.69) is 15.6 Å². The summed E-state index contributed by atoms with van der Waals surface area (Å²) in [6.07, 6.45) is 1.75. The maximum atomic E-state index is 12.5. The van der Waals surface area contributed by atoms with E-state index in [0.717, 1.165) is 16.5 Å². The Bertz CT molecular complexity index is 1020. The number of nitrogens with zero attached hydrogens (tertiary/aromatic N) is 2. The fourth-order valence-electron chi connectivity index (χ4n) is 3.08. The number of amides is 2. The Hall–Kier alpha value is -2.96. The van der Waals surface area contributed by atoms with E-state index in [1.54, 1.807) is 30.5 Å². The summed E-state index contributed by atoms with van der Waals surface area (Å²) in [5, 5.41) is 7.24. The molecule has 0 unspecified atom stereocenters. The van der Waals surface area contributed by atoms with Crippen LogP contribution in [0, 0.1) is 0 Å². The highest BCUT2D eigenvalue weighted by Gasteiger charge is 2.14. The maximum Gasteiger partial charge on any atom is 0.238 e. The van der Waals surface area contributed by atoms with Crippen molar-refractivity contribution in [3.8, 4) is 0 Å². The quantitative estimate of drug-likeness (QED) is 0.608. The second-order valence-corrected chi connectivity index (χ2v) is 7.12. The van der Waals surface area contributed by atoms with Gasteiger partial charge in [0.05, 0.1) is 12.1 Å². The van der Waals surface area contributed by atoms with E-state index < -0.39 is 0 Å². The second kappa shape index (κ2) is 9.49. The molecule has 29 heavy (non-hydrogen) atoms. The van der Waals surface area contributed by atoms with Crippen LogP contribution in [0.2, 0.25) is 5.02 Å². The average molecular weight is 411 g/mol. The Kier molecular flexibility index (Phi) is 6.80. The highest BCUT2D eigenvalue weighted by Crippen LogP contribution is 2.26. The zero-order valence-corrected chi connectivity index (χ0v) is 17.2. The smallest absolute Gasteiger partial charge is 0.238 e. The zero-order chi connectivity index (χ0) is 20.8. The number of rotatable bonds is 7. The van der Waals surface area contributed by atoms with Gasteiger partial charge in [0.25, 0.3) is 0 Å². The van der Waals surface area contributed by atoms with Gasteiger partial charge in [0, 0.05) is 47.0 Å². The molecule has 7 heteroatoms. The molecule has 3 rings (SSSR count). The number of hydrogen-bond acceptors (Lipinski definition) is 4. The lowest BCUT2D eigenvalue weighted by Crippen LogP contribution is -2.33. The third-order valence-electron chi connectivity index (χ3n) is 4.51. The van der Waals surface area contributed by atoms with Gasteiger partial charge in [-0.3, -0.25) is 19.5 Å². The number of benzene rings is 2. The Labute approximate surface area is 174 Å². The predicted octanol–water partition coefficient (Wildman–Crippen LogP) is 4.31. The van der Waals surface area contributed by atoms with E-state index in [4.69, 9.17) is 11.6 Å². The molecule has 0 aliphatic rings. The number of halogens is 1. The molecule has 0 atom stereocenters. The fourth-order valence-corrected chi connectivity index (χ4v) is 3.29.